The largest absolute Gasteiger partial charge is 0.350 e. The van der Waals surface area contributed by atoms with Crippen LogP contribution in [0.5, 0.6) is 0 Å². The van der Waals surface area contributed by atoms with Crippen molar-refractivity contribution in [2.45, 2.75) is 39.7 Å². The van der Waals surface area contributed by atoms with Crippen LogP contribution in [-0.2, 0) is 11.2 Å². The molecule has 0 saturated carbocycles. The molecular weight excluding hydrogens is 290 g/mol. The summed E-state index contributed by atoms with van der Waals surface area (Å²) in [6.07, 6.45) is 3.68. The van der Waals surface area contributed by atoms with Crippen molar-refractivity contribution < 1.29 is 4.79 Å². The fourth-order valence-electron chi connectivity index (χ4n) is 1.76. The molecule has 0 aliphatic heterocycles. The van der Waals surface area contributed by atoms with E-state index >= 15 is 0 Å². The van der Waals surface area contributed by atoms with Crippen LogP contribution in [-0.4, -0.2) is 11.9 Å². The maximum Gasteiger partial charge on any atom is 0.246 e. The molecule has 1 rings (SSSR count). The summed E-state index contributed by atoms with van der Waals surface area (Å²) in [6, 6.07) is 8.32. The molecule has 0 aromatic heterocycles. The Balaban J connectivity index is 2.51. The van der Waals surface area contributed by atoms with Crippen LogP contribution in [0.3, 0.4) is 0 Å². The molecule has 1 unspecified atom stereocenters. The zero-order valence-corrected chi connectivity index (χ0v) is 12.8. The predicted molar refractivity (Wildman–Crippen MR) is 79.5 cm³/mol. The topological polar surface area (TPSA) is 29.1 Å². The number of halogens is 1. The molecule has 0 aliphatic carbocycles. The molecule has 0 heterocycles. The van der Waals surface area contributed by atoms with Gasteiger partial charge in [-0.2, -0.15) is 0 Å². The Morgan fingerprint density at radius 2 is 2.00 bits per heavy atom. The molecule has 1 aromatic carbocycles. The lowest BCUT2D eigenvalue weighted by Crippen LogP contribution is -2.34. The van der Waals surface area contributed by atoms with Gasteiger partial charge in [0, 0.05) is 16.1 Å². The fourth-order valence-corrected chi connectivity index (χ4v) is 2.03. The van der Waals surface area contributed by atoms with Crippen LogP contribution < -0.4 is 5.32 Å². The number of carbonyl (C=O) groups excluding carboxylic acids is 1. The van der Waals surface area contributed by atoms with Crippen LogP contribution in [0.15, 0.2) is 40.4 Å². The van der Waals surface area contributed by atoms with Gasteiger partial charge in [0.05, 0.1) is 0 Å². The van der Waals surface area contributed by atoms with Crippen molar-refractivity contribution in [1.82, 2.24) is 5.32 Å². The fraction of sp³-hybridized carbons (Fsp3) is 0.400. The van der Waals surface area contributed by atoms with Crippen molar-refractivity contribution in [2.75, 3.05) is 0 Å². The first-order valence-electron chi connectivity index (χ1n) is 6.25. The lowest BCUT2D eigenvalue weighted by molar-refractivity contribution is -0.118. The number of rotatable bonds is 5. The van der Waals surface area contributed by atoms with Gasteiger partial charge in [-0.05, 0) is 44.4 Å². The molecule has 18 heavy (non-hydrogen) atoms. The summed E-state index contributed by atoms with van der Waals surface area (Å²) in [5.41, 5.74) is 2.02. The van der Waals surface area contributed by atoms with Crippen LogP contribution >= 0.6 is 15.9 Å². The summed E-state index contributed by atoms with van der Waals surface area (Å²) in [6.45, 7) is 5.91. The van der Waals surface area contributed by atoms with E-state index in [-0.39, 0.29) is 11.9 Å². The Kier molecular flexibility index (Phi) is 6.13. The monoisotopic (exact) mass is 309 g/mol. The van der Waals surface area contributed by atoms with Gasteiger partial charge < -0.3 is 5.32 Å². The van der Waals surface area contributed by atoms with Gasteiger partial charge in [-0.15, -0.1) is 0 Å². The quantitative estimate of drug-likeness (QED) is 0.822. The second-order valence-corrected chi connectivity index (χ2v) is 5.42. The third kappa shape index (κ3) is 5.05. The van der Waals surface area contributed by atoms with Crippen molar-refractivity contribution in [3.8, 4) is 0 Å². The standard InChI is InChI=1S/C15H20BrNO/c1-4-5-11(2)15(18)17-12(3)10-13-6-8-14(16)9-7-13/h5-9,12H,4,10H2,1-3H3,(H,17,18)/b11-5-. The van der Waals surface area contributed by atoms with Gasteiger partial charge in [0.2, 0.25) is 5.91 Å². The number of amides is 1. The van der Waals surface area contributed by atoms with Crippen LogP contribution in [0.4, 0.5) is 0 Å². The van der Waals surface area contributed by atoms with E-state index < -0.39 is 0 Å². The van der Waals surface area contributed by atoms with E-state index in [1.54, 1.807) is 0 Å². The summed E-state index contributed by atoms with van der Waals surface area (Å²) >= 11 is 3.41. The highest BCUT2D eigenvalue weighted by molar-refractivity contribution is 9.10. The Hall–Kier alpha value is -1.09. The number of benzene rings is 1. The van der Waals surface area contributed by atoms with E-state index in [4.69, 9.17) is 0 Å². The minimum absolute atomic E-state index is 0.0291. The minimum atomic E-state index is 0.0291. The van der Waals surface area contributed by atoms with Crippen LogP contribution in [0.2, 0.25) is 0 Å². The molecule has 98 valence electrons. The molecule has 3 heteroatoms. The smallest absolute Gasteiger partial charge is 0.246 e. The molecule has 1 N–H and O–H groups in total. The van der Waals surface area contributed by atoms with Gasteiger partial charge in [-0.1, -0.05) is 41.1 Å². The first-order valence-corrected chi connectivity index (χ1v) is 7.04. The first kappa shape index (κ1) is 15.0. The van der Waals surface area contributed by atoms with Gasteiger partial charge in [0.15, 0.2) is 0 Å². The highest BCUT2D eigenvalue weighted by Gasteiger charge is 2.09. The third-order valence-electron chi connectivity index (χ3n) is 2.70. The second-order valence-electron chi connectivity index (χ2n) is 4.50. The lowest BCUT2D eigenvalue weighted by atomic mass is 10.1. The van der Waals surface area contributed by atoms with Crippen molar-refractivity contribution in [3.05, 3.63) is 46.0 Å². The zero-order valence-electron chi connectivity index (χ0n) is 11.2. The summed E-state index contributed by atoms with van der Waals surface area (Å²) in [5.74, 6) is 0.0291. The Bertz CT molecular complexity index is 423. The maximum absolute atomic E-state index is 11.8. The SMILES string of the molecule is CC/C=C(/C)C(=O)NC(C)Cc1ccc(Br)cc1. The van der Waals surface area contributed by atoms with Gasteiger partial charge in [0.1, 0.15) is 0 Å². The van der Waals surface area contributed by atoms with Crippen LogP contribution in [0.1, 0.15) is 32.8 Å². The highest BCUT2D eigenvalue weighted by atomic mass is 79.9. The van der Waals surface area contributed by atoms with Crippen molar-refractivity contribution in [1.29, 1.82) is 0 Å². The average molecular weight is 310 g/mol. The molecule has 1 aromatic rings. The van der Waals surface area contributed by atoms with Gasteiger partial charge >= 0.3 is 0 Å². The normalized spacial score (nSPS) is 13.2. The molecule has 1 amide bonds. The van der Waals surface area contributed by atoms with E-state index in [9.17, 15) is 4.79 Å². The molecule has 0 bridgehead atoms. The average Bonchev–Trinajstić information content (AvgIpc) is 2.32. The molecule has 0 aliphatic rings. The van der Waals surface area contributed by atoms with Crippen LogP contribution in [0, 0.1) is 0 Å². The minimum Gasteiger partial charge on any atom is -0.350 e. The van der Waals surface area contributed by atoms with Gasteiger partial charge in [-0.3, -0.25) is 4.79 Å². The molecule has 2 nitrogen and oxygen atoms in total. The zero-order chi connectivity index (χ0) is 13.5. The number of allylic oxidation sites excluding steroid dienone is 1. The summed E-state index contributed by atoms with van der Waals surface area (Å²) in [4.78, 5) is 11.8. The van der Waals surface area contributed by atoms with Crippen molar-refractivity contribution in [3.63, 3.8) is 0 Å². The molecular formula is C15H20BrNO. The van der Waals surface area contributed by atoms with Crippen molar-refractivity contribution >= 4 is 21.8 Å². The van der Waals surface area contributed by atoms with E-state index in [1.807, 2.05) is 39.0 Å². The number of carbonyl (C=O) groups is 1. The Morgan fingerprint density at radius 1 is 1.39 bits per heavy atom. The van der Waals surface area contributed by atoms with Crippen LogP contribution in [0.25, 0.3) is 0 Å². The molecule has 0 fully saturated rings. The predicted octanol–water partition coefficient (Wildman–Crippen LogP) is 3.85. The molecule has 0 saturated heterocycles. The summed E-state index contributed by atoms with van der Waals surface area (Å²) in [7, 11) is 0. The second kappa shape index (κ2) is 7.37. The van der Waals surface area contributed by atoms with E-state index in [1.165, 1.54) is 5.56 Å². The Morgan fingerprint density at radius 3 is 2.56 bits per heavy atom. The van der Waals surface area contributed by atoms with Gasteiger partial charge in [0.25, 0.3) is 0 Å². The number of hydrogen-bond acceptors (Lipinski definition) is 1. The molecule has 0 radical (unpaired) electrons. The molecule has 1 atom stereocenters. The van der Waals surface area contributed by atoms with Gasteiger partial charge in [-0.25, -0.2) is 0 Å². The van der Waals surface area contributed by atoms with E-state index in [0.29, 0.717) is 0 Å². The summed E-state index contributed by atoms with van der Waals surface area (Å²) < 4.78 is 1.07. The Labute approximate surface area is 118 Å². The maximum atomic E-state index is 11.8. The third-order valence-corrected chi connectivity index (χ3v) is 3.23. The number of hydrogen-bond donors (Lipinski definition) is 1. The van der Waals surface area contributed by atoms with E-state index in [2.05, 4.69) is 33.4 Å². The van der Waals surface area contributed by atoms with Crippen molar-refractivity contribution in [2.24, 2.45) is 0 Å². The first-order chi connectivity index (χ1) is 8.52. The van der Waals surface area contributed by atoms with E-state index in [0.717, 1.165) is 22.9 Å². The lowest BCUT2D eigenvalue weighted by Gasteiger charge is -2.14. The molecule has 0 spiro atoms. The highest BCUT2D eigenvalue weighted by Crippen LogP contribution is 2.12. The summed E-state index contributed by atoms with van der Waals surface area (Å²) in [5, 5.41) is 3.01. The number of nitrogens with one attached hydrogen (secondary N) is 1.